The molecule has 4 rings (SSSR count). The van der Waals surface area contributed by atoms with Crippen molar-refractivity contribution >= 4 is 50.3 Å². The Hall–Kier alpha value is -3.08. The molecule has 1 aromatic heterocycles. The predicted octanol–water partition coefficient (Wildman–Crippen LogP) is 4.10. The second-order valence-corrected chi connectivity index (χ2v) is 11.1. The first kappa shape index (κ1) is 25.0. The fourth-order valence-electron chi connectivity index (χ4n) is 3.95. The SMILES string of the molecule is COc1cc(N2CCC(N)CC2)ccc1Nc1ncc(Cl)c(Nc2ccccc2CS(C)(=O)=O)n1. The minimum Gasteiger partial charge on any atom is -0.494 e. The van der Waals surface area contributed by atoms with E-state index >= 15 is 0 Å². The van der Waals surface area contributed by atoms with Crippen molar-refractivity contribution in [1.82, 2.24) is 9.97 Å². The smallest absolute Gasteiger partial charge is 0.229 e. The molecule has 0 amide bonds. The summed E-state index contributed by atoms with van der Waals surface area (Å²) in [6.07, 6.45) is 4.60. The summed E-state index contributed by atoms with van der Waals surface area (Å²) in [6, 6.07) is 13.3. The largest absolute Gasteiger partial charge is 0.494 e. The molecule has 2 aromatic carbocycles. The fraction of sp³-hybridized carbons (Fsp3) is 0.333. The Morgan fingerprint density at radius 3 is 2.60 bits per heavy atom. The van der Waals surface area contributed by atoms with Crippen LogP contribution in [0.2, 0.25) is 5.02 Å². The van der Waals surface area contributed by atoms with E-state index in [9.17, 15) is 8.42 Å². The van der Waals surface area contributed by atoms with Gasteiger partial charge in [0.2, 0.25) is 5.95 Å². The van der Waals surface area contributed by atoms with Crippen molar-refractivity contribution in [3.63, 3.8) is 0 Å². The molecule has 11 heteroatoms. The van der Waals surface area contributed by atoms with Crippen molar-refractivity contribution < 1.29 is 13.2 Å². The number of anilines is 5. The van der Waals surface area contributed by atoms with Gasteiger partial charge in [0.25, 0.3) is 0 Å². The highest BCUT2D eigenvalue weighted by atomic mass is 35.5. The highest BCUT2D eigenvalue weighted by Crippen LogP contribution is 2.33. The molecule has 0 saturated carbocycles. The first-order chi connectivity index (χ1) is 16.7. The minimum atomic E-state index is -3.21. The lowest BCUT2D eigenvalue weighted by molar-refractivity contribution is 0.416. The number of piperidine rings is 1. The molecule has 0 spiro atoms. The first-order valence-corrected chi connectivity index (χ1v) is 13.7. The van der Waals surface area contributed by atoms with Crippen LogP contribution in [-0.4, -0.2) is 50.9 Å². The number of rotatable bonds is 8. The van der Waals surface area contributed by atoms with Gasteiger partial charge in [-0.2, -0.15) is 4.98 Å². The summed E-state index contributed by atoms with van der Waals surface area (Å²) in [5.41, 5.74) is 9.03. The summed E-state index contributed by atoms with van der Waals surface area (Å²) in [5, 5.41) is 6.63. The van der Waals surface area contributed by atoms with Crippen molar-refractivity contribution in [1.29, 1.82) is 0 Å². The summed E-state index contributed by atoms with van der Waals surface area (Å²) < 4.78 is 29.3. The molecular weight excluding hydrogens is 488 g/mol. The van der Waals surface area contributed by atoms with Gasteiger partial charge in [-0.3, -0.25) is 0 Å². The topological polar surface area (TPSA) is 122 Å². The van der Waals surface area contributed by atoms with Crippen molar-refractivity contribution in [3.05, 3.63) is 59.2 Å². The van der Waals surface area contributed by atoms with E-state index in [2.05, 4.69) is 25.5 Å². The van der Waals surface area contributed by atoms with Crippen molar-refractivity contribution in [2.75, 3.05) is 42.0 Å². The maximum atomic E-state index is 11.8. The number of nitrogens with two attached hydrogens (primary N) is 1. The fourth-order valence-corrected chi connectivity index (χ4v) is 4.91. The number of benzene rings is 2. The van der Waals surface area contributed by atoms with E-state index in [1.54, 1.807) is 25.3 Å². The molecule has 0 aliphatic carbocycles. The molecule has 1 aliphatic rings. The Bertz CT molecular complexity index is 1300. The third-order valence-electron chi connectivity index (χ3n) is 5.77. The number of nitrogens with one attached hydrogen (secondary N) is 2. The van der Waals surface area contributed by atoms with Crippen LogP contribution in [0, 0.1) is 0 Å². The minimum absolute atomic E-state index is 0.101. The lowest BCUT2D eigenvalue weighted by Crippen LogP contribution is -2.39. The van der Waals surface area contributed by atoms with Crippen molar-refractivity contribution in [2.45, 2.75) is 24.6 Å². The Kier molecular flexibility index (Phi) is 7.63. The normalized spacial score (nSPS) is 14.6. The standard InChI is InChI=1S/C24H29ClN6O3S/c1-34-22-13-18(31-11-9-17(26)10-12-31)7-8-21(22)29-24-27-14-19(25)23(30-24)28-20-6-4-3-5-16(20)15-35(2,32)33/h3-8,13-14,17H,9-12,15,26H2,1-2H3,(H2,27,28,29,30). The zero-order valence-electron chi connectivity index (χ0n) is 19.7. The molecule has 1 saturated heterocycles. The quantitative estimate of drug-likeness (QED) is 0.406. The number of hydrogen-bond donors (Lipinski definition) is 3. The summed E-state index contributed by atoms with van der Waals surface area (Å²) in [6.45, 7) is 1.82. The zero-order valence-corrected chi connectivity index (χ0v) is 21.2. The van der Waals surface area contributed by atoms with E-state index in [0.717, 1.165) is 31.6 Å². The average Bonchev–Trinajstić information content (AvgIpc) is 2.82. The van der Waals surface area contributed by atoms with Gasteiger partial charge in [-0.1, -0.05) is 29.8 Å². The van der Waals surface area contributed by atoms with Crippen LogP contribution in [0.3, 0.4) is 0 Å². The van der Waals surface area contributed by atoms with E-state index in [4.69, 9.17) is 22.1 Å². The van der Waals surface area contributed by atoms with Crippen LogP contribution in [0.15, 0.2) is 48.7 Å². The molecule has 9 nitrogen and oxygen atoms in total. The lowest BCUT2D eigenvalue weighted by atomic mass is 10.1. The summed E-state index contributed by atoms with van der Waals surface area (Å²) >= 11 is 6.34. The highest BCUT2D eigenvalue weighted by molar-refractivity contribution is 7.89. The molecule has 2 heterocycles. The van der Waals surface area contributed by atoms with E-state index in [-0.39, 0.29) is 11.8 Å². The molecule has 35 heavy (non-hydrogen) atoms. The first-order valence-electron chi connectivity index (χ1n) is 11.2. The molecule has 1 fully saturated rings. The van der Waals surface area contributed by atoms with E-state index in [0.29, 0.717) is 39.5 Å². The molecule has 0 bridgehead atoms. The van der Waals surface area contributed by atoms with Gasteiger partial charge in [-0.05, 0) is 36.6 Å². The second-order valence-electron chi connectivity index (χ2n) is 8.58. The van der Waals surface area contributed by atoms with Crippen molar-refractivity contribution in [3.8, 4) is 5.75 Å². The van der Waals surface area contributed by atoms with Gasteiger partial charge in [0.05, 0.1) is 24.7 Å². The third kappa shape index (κ3) is 6.53. The van der Waals surface area contributed by atoms with Gasteiger partial charge < -0.3 is 26.0 Å². The van der Waals surface area contributed by atoms with Crippen LogP contribution in [0.4, 0.5) is 28.8 Å². The maximum Gasteiger partial charge on any atom is 0.229 e. The molecule has 186 valence electrons. The molecular formula is C24H29ClN6O3S. The monoisotopic (exact) mass is 516 g/mol. The molecule has 0 radical (unpaired) electrons. The van der Waals surface area contributed by atoms with Gasteiger partial charge >= 0.3 is 0 Å². The van der Waals surface area contributed by atoms with Gasteiger partial charge in [0.1, 0.15) is 10.8 Å². The third-order valence-corrected chi connectivity index (χ3v) is 6.88. The number of methoxy groups -OCH3 is 1. The lowest BCUT2D eigenvalue weighted by Gasteiger charge is -2.32. The van der Waals surface area contributed by atoms with Crippen LogP contribution < -0.4 is 26.0 Å². The number of nitrogens with zero attached hydrogens (tertiary/aromatic N) is 3. The van der Waals surface area contributed by atoms with Gasteiger partial charge in [0, 0.05) is 42.8 Å². The second kappa shape index (κ2) is 10.7. The molecule has 1 aliphatic heterocycles. The maximum absolute atomic E-state index is 11.8. The Balaban J connectivity index is 1.55. The van der Waals surface area contributed by atoms with Crippen LogP contribution >= 0.6 is 11.6 Å². The number of ether oxygens (including phenoxy) is 1. The summed E-state index contributed by atoms with van der Waals surface area (Å²) in [4.78, 5) is 11.1. The molecule has 0 unspecified atom stereocenters. The molecule has 4 N–H and O–H groups in total. The number of para-hydroxylation sites is 1. The Labute approximate surface area is 210 Å². The van der Waals surface area contributed by atoms with Crippen LogP contribution in [0.25, 0.3) is 0 Å². The average molecular weight is 517 g/mol. The Morgan fingerprint density at radius 1 is 1.14 bits per heavy atom. The number of sulfone groups is 1. The summed E-state index contributed by atoms with van der Waals surface area (Å²) in [5.74, 6) is 1.22. The highest BCUT2D eigenvalue weighted by Gasteiger charge is 2.18. The number of aromatic nitrogens is 2. The molecule has 0 atom stereocenters. The van der Waals surface area contributed by atoms with E-state index in [1.165, 1.54) is 12.5 Å². The number of hydrogen-bond acceptors (Lipinski definition) is 9. The predicted molar refractivity (Wildman–Crippen MR) is 141 cm³/mol. The van der Waals surface area contributed by atoms with Crippen LogP contribution in [-0.2, 0) is 15.6 Å². The zero-order chi connectivity index (χ0) is 25.0. The van der Waals surface area contributed by atoms with Crippen molar-refractivity contribution in [2.24, 2.45) is 5.73 Å². The Morgan fingerprint density at radius 2 is 1.89 bits per heavy atom. The van der Waals surface area contributed by atoms with E-state index in [1.807, 2.05) is 24.3 Å². The van der Waals surface area contributed by atoms with Crippen LogP contribution in [0.5, 0.6) is 5.75 Å². The summed E-state index contributed by atoms with van der Waals surface area (Å²) in [7, 11) is -1.60. The number of halogens is 1. The van der Waals surface area contributed by atoms with Crippen LogP contribution in [0.1, 0.15) is 18.4 Å². The van der Waals surface area contributed by atoms with Gasteiger partial charge in [-0.25, -0.2) is 13.4 Å². The molecule has 3 aromatic rings. The van der Waals surface area contributed by atoms with E-state index < -0.39 is 9.84 Å². The van der Waals surface area contributed by atoms with Gasteiger partial charge in [-0.15, -0.1) is 0 Å². The van der Waals surface area contributed by atoms with Gasteiger partial charge in [0.15, 0.2) is 15.7 Å².